The van der Waals surface area contributed by atoms with E-state index >= 15 is 0 Å². The lowest BCUT2D eigenvalue weighted by Crippen LogP contribution is -2.25. The minimum atomic E-state index is -3.27. The minimum Gasteiger partial charge on any atom is -0.321 e. The first-order chi connectivity index (χ1) is 11.4. The van der Waals surface area contributed by atoms with Gasteiger partial charge in [0.1, 0.15) is 0 Å². The SMILES string of the molecule is O=C(Nc1ccc(N2CCCS2(=O)=O)cc1Cl)c1cccc(Cl)c1. The molecule has 1 amide bonds. The van der Waals surface area contributed by atoms with Crippen LogP contribution in [0.5, 0.6) is 0 Å². The molecule has 5 nitrogen and oxygen atoms in total. The topological polar surface area (TPSA) is 66.5 Å². The van der Waals surface area contributed by atoms with Crippen molar-refractivity contribution in [2.45, 2.75) is 6.42 Å². The van der Waals surface area contributed by atoms with Gasteiger partial charge in [-0.1, -0.05) is 29.3 Å². The lowest BCUT2D eigenvalue weighted by molar-refractivity contribution is 0.102. The molecular weight excluding hydrogens is 371 g/mol. The number of nitrogens with one attached hydrogen (secondary N) is 1. The lowest BCUT2D eigenvalue weighted by atomic mass is 10.2. The summed E-state index contributed by atoms with van der Waals surface area (Å²) in [7, 11) is -3.27. The highest BCUT2D eigenvalue weighted by Crippen LogP contribution is 2.31. The van der Waals surface area contributed by atoms with Gasteiger partial charge in [0.2, 0.25) is 10.0 Å². The van der Waals surface area contributed by atoms with E-state index in [1.165, 1.54) is 10.4 Å². The Kier molecular flexibility index (Phi) is 4.71. The Balaban J connectivity index is 1.82. The van der Waals surface area contributed by atoms with Gasteiger partial charge in [-0.3, -0.25) is 9.10 Å². The molecule has 2 aromatic carbocycles. The number of hydrogen-bond donors (Lipinski definition) is 1. The molecule has 1 fully saturated rings. The Labute approximate surface area is 150 Å². The summed E-state index contributed by atoms with van der Waals surface area (Å²) >= 11 is 12.1. The van der Waals surface area contributed by atoms with Gasteiger partial charge in [0, 0.05) is 17.1 Å². The van der Waals surface area contributed by atoms with E-state index in [1.54, 1.807) is 36.4 Å². The van der Waals surface area contributed by atoms with Crippen LogP contribution in [0.2, 0.25) is 10.0 Å². The van der Waals surface area contributed by atoms with Gasteiger partial charge in [-0.25, -0.2) is 8.42 Å². The number of halogens is 2. The molecule has 2 aromatic rings. The second-order valence-electron chi connectivity index (χ2n) is 5.37. The average molecular weight is 385 g/mol. The number of benzene rings is 2. The Morgan fingerprint density at radius 1 is 1.12 bits per heavy atom. The molecule has 0 atom stereocenters. The van der Waals surface area contributed by atoms with E-state index in [0.29, 0.717) is 34.9 Å². The first-order valence-electron chi connectivity index (χ1n) is 7.24. The third-order valence-corrected chi connectivity index (χ3v) is 6.09. The van der Waals surface area contributed by atoms with Gasteiger partial charge in [-0.05, 0) is 42.8 Å². The molecule has 1 aliphatic rings. The second kappa shape index (κ2) is 6.63. The molecule has 0 saturated carbocycles. The van der Waals surface area contributed by atoms with Crippen molar-refractivity contribution in [2.24, 2.45) is 0 Å². The number of carbonyl (C=O) groups excluding carboxylic acids is 1. The van der Waals surface area contributed by atoms with Crippen LogP contribution < -0.4 is 9.62 Å². The quantitative estimate of drug-likeness (QED) is 0.875. The summed E-state index contributed by atoms with van der Waals surface area (Å²) in [6.45, 7) is 0.437. The molecule has 0 spiro atoms. The molecule has 3 rings (SSSR count). The van der Waals surface area contributed by atoms with Gasteiger partial charge in [0.15, 0.2) is 0 Å². The molecule has 0 unspecified atom stereocenters. The van der Waals surface area contributed by atoms with Crippen molar-refractivity contribution < 1.29 is 13.2 Å². The molecule has 1 aliphatic heterocycles. The van der Waals surface area contributed by atoms with Crippen LogP contribution in [0.3, 0.4) is 0 Å². The van der Waals surface area contributed by atoms with Crippen molar-refractivity contribution in [2.75, 3.05) is 21.9 Å². The molecule has 1 N–H and O–H groups in total. The van der Waals surface area contributed by atoms with E-state index in [4.69, 9.17) is 23.2 Å². The van der Waals surface area contributed by atoms with Crippen LogP contribution in [0.1, 0.15) is 16.8 Å². The fraction of sp³-hybridized carbons (Fsp3) is 0.188. The zero-order chi connectivity index (χ0) is 17.3. The summed E-state index contributed by atoms with van der Waals surface area (Å²) < 4.78 is 25.2. The van der Waals surface area contributed by atoms with Crippen LogP contribution in [-0.4, -0.2) is 26.6 Å². The van der Waals surface area contributed by atoms with E-state index in [0.717, 1.165) is 0 Å². The Morgan fingerprint density at radius 2 is 1.92 bits per heavy atom. The highest BCUT2D eigenvalue weighted by atomic mass is 35.5. The number of nitrogens with zero attached hydrogens (tertiary/aromatic N) is 1. The van der Waals surface area contributed by atoms with Crippen molar-refractivity contribution in [3.05, 3.63) is 58.1 Å². The van der Waals surface area contributed by atoms with Crippen molar-refractivity contribution in [3.8, 4) is 0 Å². The van der Waals surface area contributed by atoms with Crippen LogP contribution in [0, 0.1) is 0 Å². The number of carbonyl (C=O) groups is 1. The summed E-state index contributed by atoms with van der Waals surface area (Å²) in [5.74, 6) is -0.210. The molecule has 8 heteroatoms. The van der Waals surface area contributed by atoms with E-state index in [1.807, 2.05) is 0 Å². The summed E-state index contributed by atoms with van der Waals surface area (Å²) in [6, 6.07) is 11.3. The standard InChI is InChI=1S/C16H14Cl2N2O3S/c17-12-4-1-3-11(9-12)16(21)19-15-6-5-13(10-14(15)18)20-7-2-8-24(20,22)23/h1,3-6,9-10H,2,7-8H2,(H,19,21). The zero-order valence-corrected chi connectivity index (χ0v) is 14.8. The summed E-state index contributed by atoms with van der Waals surface area (Å²) in [4.78, 5) is 12.2. The van der Waals surface area contributed by atoms with Crippen molar-refractivity contribution in [1.29, 1.82) is 0 Å². The van der Waals surface area contributed by atoms with Gasteiger partial charge < -0.3 is 5.32 Å². The van der Waals surface area contributed by atoms with Crippen LogP contribution in [0.15, 0.2) is 42.5 Å². The summed E-state index contributed by atoms with van der Waals surface area (Å²) in [5.41, 5.74) is 1.31. The first-order valence-corrected chi connectivity index (χ1v) is 9.60. The number of hydrogen-bond acceptors (Lipinski definition) is 3. The molecule has 0 bridgehead atoms. The van der Waals surface area contributed by atoms with Gasteiger partial charge in [0.05, 0.1) is 22.2 Å². The van der Waals surface area contributed by atoms with E-state index in [9.17, 15) is 13.2 Å². The molecule has 0 radical (unpaired) electrons. The highest BCUT2D eigenvalue weighted by molar-refractivity contribution is 7.93. The zero-order valence-electron chi connectivity index (χ0n) is 12.5. The number of rotatable bonds is 3. The predicted molar refractivity (Wildman–Crippen MR) is 96.6 cm³/mol. The normalized spacial score (nSPS) is 16.2. The van der Waals surface area contributed by atoms with Crippen molar-refractivity contribution in [3.63, 3.8) is 0 Å². The summed E-state index contributed by atoms with van der Waals surface area (Å²) in [5, 5.41) is 3.42. The van der Waals surface area contributed by atoms with Crippen molar-refractivity contribution >= 4 is 50.5 Å². The fourth-order valence-corrected chi connectivity index (χ4v) is 4.48. The maximum Gasteiger partial charge on any atom is 0.255 e. The van der Waals surface area contributed by atoms with Gasteiger partial charge in [-0.15, -0.1) is 0 Å². The van der Waals surface area contributed by atoms with Crippen LogP contribution in [-0.2, 0) is 10.0 Å². The van der Waals surface area contributed by atoms with Gasteiger partial charge in [0.25, 0.3) is 5.91 Å². The highest BCUT2D eigenvalue weighted by Gasteiger charge is 2.28. The molecule has 0 aliphatic carbocycles. The molecule has 24 heavy (non-hydrogen) atoms. The molecular formula is C16H14Cl2N2O3S. The Bertz CT molecular complexity index is 900. The van der Waals surface area contributed by atoms with Crippen LogP contribution in [0.4, 0.5) is 11.4 Å². The largest absolute Gasteiger partial charge is 0.321 e. The molecule has 1 saturated heterocycles. The second-order valence-corrected chi connectivity index (χ2v) is 8.23. The van der Waals surface area contributed by atoms with Gasteiger partial charge in [-0.2, -0.15) is 0 Å². The van der Waals surface area contributed by atoms with E-state index < -0.39 is 10.0 Å². The Hall–Kier alpha value is -1.76. The molecule has 126 valence electrons. The van der Waals surface area contributed by atoms with Crippen LogP contribution >= 0.6 is 23.2 Å². The Morgan fingerprint density at radius 3 is 2.54 bits per heavy atom. The first kappa shape index (κ1) is 17.1. The smallest absolute Gasteiger partial charge is 0.255 e. The third-order valence-electron chi connectivity index (χ3n) is 3.67. The number of anilines is 2. The van der Waals surface area contributed by atoms with E-state index in [-0.39, 0.29) is 16.7 Å². The number of sulfonamides is 1. The van der Waals surface area contributed by atoms with Gasteiger partial charge >= 0.3 is 0 Å². The maximum absolute atomic E-state index is 12.2. The fourth-order valence-electron chi connectivity index (χ4n) is 2.51. The van der Waals surface area contributed by atoms with Crippen LogP contribution in [0.25, 0.3) is 0 Å². The molecule has 0 aromatic heterocycles. The predicted octanol–water partition coefficient (Wildman–Crippen LogP) is 3.79. The van der Waals surface area contributed by atoms with Crippen molar-refractivity contribution in [1.82, 2.24) is 0 Å². The number of amides is 1. The maximum atomic E-state index is 12.2. The lowest BCUT2D eigenvalue weighted by Gasteiger charge is -2.18. The average Bonchev–Trinajstić information content (AvgIpc) is 2.88. The molecule has 1 heterocycles. The minimum absolute atomic E-state index is 0.137. The summed E-state index contributed by atoms with van der Waals surface area (Å²) in [6.07, 6.45) is 0.590. The third kappa shape index (κ3) is 3.50. The van der Waals surface area contributed by atoms with E-state index in [2.05, 4.69) is 5.32 Å². The monoisotopic (exact) mass is 384 g/mol.